The molecule has 0 radical (unpaired) electrons. The minimum atomic E-state index is -0.346. The Morgan fingerprint density at radius 1 is 1.43 bits per heavy atom. The Kier molecular flexibility index (Phi) is 3.34. The van der Waals surface area contributed by atoms with E-state index in [4.69, 9.17) is 5.73 Å². The molecule has 0 atom stereocenters. The Morgan fingerprint density at radius 3 is 2.50 bits per heavy atom. The van der Waals surface area contributed by atoms with E-state index in [1.165, 1.54) is 12.0 Å². The molecule has 2 N–H and O–H groups in total. The van der Waals surface area contributed by atoms with Crippen molar-refractivity contribution in [3.05, 3.63) is 29.8 Å². The Hall–Kier alpha value is -1.71. The van der Waals surface area contributed by atoms with Crippen LogP contribution in [0.1, 0.15) is 5.56 Å². The fourth-order valence-electron chi connectivity index (χ4n) is 1.12. The highest BCUT2D eigenvalue weighted by molar-refractivity contribution is 5.67. The molecular weight excluding hydrogens is 180 g/mol. The number of rotatable bonds is 2. The Bertz CT molecular complexity index is 308. The van der Waals surface area contributed by atoms with Crippen molar-refractivity contribution in [1.82, 2.24) is 4.90 Å². The molecule has 1 aromatic rings. The van der Waals surface area contributed by atoms with Crippen molar-refractivity contribution in [2.75, 3.05) is 19.9 Å². The van der Waals surface area contributed by atoms with E-state index in [0.29, 0.717) is 6.54 Å². The van der Waals surface area contributed by atoms with Gasteiger partial charge in [-0.2, -0.15) is 0 Å². The Balaban J connectivity index is 2.60. The summed E-state index contributed by atoms with van der Waals surface area (Å²) in [6.45, 7) is 0.521. The Labute approximate surface area is 83.3 Å². The molecule has 1 amide bonds. The van der Waals surface area contributed by atoms with Gasteiger partial charge in [-0.1, -0.05) is 12.1 Å². The molecule has 0 aliphatic rings. The second-order valence-corrected chi connectivity index (χ2v) is 3.07. The molecule has 0 aromatic heterocycles. The molecule has 76 valence electrons. The quantitative estimate of drug-likeness (QED) is 0.725. The first-order valence-electron chi connectivity index (χ1n) is 4.27. The minimum Gasteiger partial charge on any atom is -0.453 e. The summed E-state index contributed by atoms with van der Waals surface area (Å²) in [5, 5.41) is 0. The molecule has 0 bridgehead atoms. The van der Waals surface area contributed by atoms with Crippen LogP contribution in [0.25, 0.3) is 0 Å². The lowest BCUT2D eigenvalue weighted by atomic mass is 10.2. The number of anilines is 1. The summed E-state index contributed by atoms with van der Waals surface area (Å²) >= 11 is 0. The maximum atomic E-state index is 11.1. The molecule has 4 heteroatoms. The van der Waals surface area contributed by atoms with Gasteiger partial charge in [-0.05, 0) is 17.7 Å². The van der Waals surface area contributed by atoms with Crippen LogP contribution in [0.4, 0.5) is 10.5 Å². The molecule has 0 unspecified atom stereocenters. The molecule has 4 nitrogen and oxygen atoms in total. The van der Waals surface area contributed by atoms with Crippen molar-refractivity contribution in [3.8, 4) is 0 Å². The van der Waals surface area contributed by atoms with Gasteiger partial charge in [0.1, 0.15) is 0 Å². The van der Waals surface area contributed by atoms with Gasteiger partial charge >= 0.3 is 6.09 Å². The number of nitrogens with two attached hydrogens (primary N) is 1. The lowest BCUT2D eigenvalue weighted by Crippen LogP contribution is -2.25. The summed E-state index contributed by atoms with van der Waals surface area (Å²) in [4.78, 5) is 12.6. The number of carbonyl (C=O) groups is 1. The van der Waals surface area contributed by atoms with Crippen LogP contribution in [0.15, 0.2) is 24.3 Å². The van der Waals surface area contributed by atoms with Gasteiger partial charge in [0, 0.05) is 19.3 Å². The molecule has 0 saturated heterocycles. The van der Waals surface area contributed by atoms with E-state index in [1.54, 1.807) is 19.2 Å². The number of amides is 1. The number of nitrogen functional groups attached to an aromatic ring is 1. The average Bonchev–Trinajstić information content (AvgIpc) is 2.20. The monoisotopic (exact) mass is 194 g/mol. The largest absolute Gasteiger partial charge is 0.453 e. The minimum absolute atomic E-state index is 0.346. The average molecular weight is 194 g/mol. The summed E-state index contributed by atoms with van der Waals surface area (Å²) < 4.78 is 4.57. The van der Waals surface area contributed by atoms with E-state index in [-0.39, 0.29) is 6.09 Å². The third kappa shape index (κ3) is 2.65. The van der Waals surface area contributed by atoms with Gasteiger partial charge in [-0.25, -0.2) is 4.79 Å². The standard InChI is InChI=1S/C10H14N2O2/c1-12(10(13)14-2)7-8-3-5-9(11)6-4-8/h3-6H,7,11H2,1-2H3. The highest BCUT2D eigenvalue weighted by Gasteiger charge is 2.07. The molecule has 0 aliphatic carbocycles. The zero-order chi connectivity index (χ0) is 10.6. The zero-order valence-electron chi connectivity index (χ0n) is 8.36. The molecular formula is C10H14N2O2. The fraction of sp³-hybridized carbons (Fsp3) is 0.300. The SMILES string of the molecule is COC(=O)N(C)Cc1ccc(N)cc1. The van der Waals surface area contributed by atoms with Crippen LogP contribution >= 0.6 is 0 Å². The topological polar surface area (TPSA) is 55.6 Å². The van der Waals surface area contributed by atoms with Crippen molar-refractivity contribution in [2.45, 2.75) is 6.54 Å². The van der Waals surface area contributed by atoms with Crippen LogP contribution < -0.4 is 5.73 Å². The van der Waals surface area contributed by atoms with Crippen LogP contribution in [0.2, 0.25) is 0 Å². The van der Waals surface area contributed by atoms with Crippen molar-refractivity contribution in [1.29, 1.82) is 0 Å². The van der Waals surface area contributed by atoms with E-state index in [1.807, 2.05) is 12.1 Å². The van der Waals surface area contributed by atoms with Gasteiger partial charge in [0.15, 0.2) is 0 Å². The number of nitrogens with zero attached hydrogens (tertiary/aromatic N) is 1. The zero-order valence-corrected chi connectivity index (χ0v) is 8.36. The first kappa shape index (κ1) is 10.4. The van der Waals surface area contributed by atoms with Crippen LogP contribution in [0.5, 0.6) is 0 Å². The van der Waals surface area contributed by atoms with Crippen molar-refractivity contribution >= 4 is 11.8 Å². The third-order valence-corrected chi connectivity index (χ3v) is 1.89. The maximum absolute atomic E-state index is 11.1. The number of hydrogen-bond donors (Lipinski definition) is 1. The Morgan fingerprint density at radius 2 is 2.00 bits per heavy atom. The molecule has 1 aromatic carbocycles. The van der Waals surface area contributed by atoms with Gasteiger partial charge < -0.3 is 15.4 Å². The summed E-state index contributed by atoms with van der Waals surface area (Å²) in [6.07, 6.45) is -0.346. The summed E-state index contributed by atoms with van der Waals surface area (Å²) in [6, 6.07) is 7.38. The second-order valence-electron chi connectivity index (χ2n) is 3.07. The first-order valence-corrected chi connectivity index (χ1v) is 4.27. The molecule has 0 spiro atoms. The van der Waals surface area contributed by atoms with Crippen LogP contribution in [0, 0.1) is 0 Å². The lowest BCUT2D eigenvalue weighted by Gasteiger charge is -2.15. The first-order chi connectivity index (χ1) is 6.63. The lowest BCUT2D eigenvalue weighted by molar-refractivity contribution is 0.131. The summed E-state index contributed by atoms with van der Waals surface area (Å²) in [7, 11) is 3.05. The highest BCUT2D eigenvalue weighted by atomic mass is 16.5. The molecule has 0 fully saturated rings. The van der Waals surface area contributed by atoms with Gasteiger partial charge in [-0.3, -0.25) is 0 Å². The number of ether oxygens (including phenoxy) is 1. The van der Waals surface area contributed by atoms with Gasteiger partial charge in [0.25, 0.3) is 0 Å². The normalized spacial score (nSPS) is 9.57. The number of carbonyl (C=O) groups excluding carboxylic acids is 1. The van der Waals surface area contributed by atoms with Crippen molar-refractivity contribution in [3.63, 3.8) is 0 Å². The van der Waals surface area contributed by atoms with E-state index >= 15 is 0 Å². The van der Waals surface area contributed by atoms with Gasteiger partial charge in [-0.15, -0.1) is 0 Å². The van der Waals surface area contributed by atoms with Crippen molar-refractivity contribution in [2.24, 2.45) is 0 Å². The third-order valence-electron chi connectivity index (χ3n) is 1.89. The van der Waals surface area contributed by atoms with Crippen LogP contribution in [0.3, 0.4) is 0 Å². The van der Waals surface area contributed by atoms with Crippen LogP contribution in [-0.4, -0.2) is 25.2 Å². The maximum Gasteiger partial charge on any atom is 0.409 e. The molecule has 0 saturated carbocycles. The number of benzene rings is 1. The predicted octanol–water partition coefficient (Wildman–Crippen LogP) is 1.47. The van der Waals surface area contributed by atoms with E-state index in [0.717, 1.165) is 11.3 Å². The van der Waals surface area contributed by atoms with E-state index in [9.17, 15) is 4.79 Å². The van der Waals surface area contributed by atoms with Gasteiger partial charge in [0.05, 0.1) is 7.11 Å². The summed E-state index contributed by atoms with van der Waals surface area (Å²) in [5.74, 6) is 0. The number of hydrogen-bond acceptors (Lipinski definition) is 3. The molecule has 14 heavy (non-hydrogen) atoms. The highest BCUT2D eigenvalue weighted by Crippen LogP contribution is 2.07. The molecule has 1 rings (SSSR count). The molecule has 0 aliphatic heterocycles. The fourth-order valence-corrected chi connectivity index (χ4v) is 1.12. The van der Waals surface area contributed by atoms with Crippen molar-refractivity contribution < 1.29 is 9.53 Å². The van der Waals surface area contributed by atoms with E-state index in [2.05, 4.69) is 4.74 Å². The smallest absolute Gasteiger partial charge is 0.409 e. The van der Waals surface area contributed by atoms with E-state index < -0.39 is 0 Å². The van der Waals surface area contributed by atoms with Gasteiger partial charge in [0.2, 0.25) is 0 Å². The molecule has 0 heterocycles. The van der Waals surface area contributed by atoms with Crippen LogP contribution in [-0.2, 0) is 11.3 Å². The number of methoxy groups -OCH3 is 1. The predicted molar refractivity (Wildman–Crippen MR) is 54.7 cm³/mol. The summed E-state index contributed by atoms with van der Waals surface area (Å²) in [5.41, 5.74) is 7.28. The second kappa shape index (κ2) is 4.50.